The fourth-order valence-corrected chi connectivity index (χ4v) is 6.82. The van der Waals surface area contributed by atoms with Crippen molar-refractivity contribution < 1.29 is 52.2 Å². The molecule has 2 fully saturated rings. The third kappa shape index (κ3) is 27.2. The molecule has 0 unspecified atom stereocenters. The number of carbonyl (C=O) groups is 2. The first-order chi connectivity index (χ1) is 24.8. The maximum atomic E-state index is 12.1. The van der Waals surface area contributed by atoms with Crippen LogP contribution in [-0.2, 0) is 47.4 Å². The van der Waals surface area contributed by atoms with Gasteiger partial charge in [-0.05, 0) is 24.7 Å². The SMILES string of the molecule is CC(C)(C)CNCCOCCOCCOCCOCCOCCOCCOCCOCCOCCCC(=O)CCCC[C@@H]1SC[C@@H]2NC(=O)N[C@@H]21. The summed E-state index contributed by atoms with van der Waals surface area (Å²) < 4.78 is 49.6. The van der Waals surface area contributed by atoms with Gasteiger partial charge in [0, 0.05) is 43.5 Å². The van der Waals surface area contributed by atoms with Crippen molar-refractivity contribution in [3.8, 4) is 0 Å². The number of ether oxygens (including phenoxy) is 9. The van der Waals surface area contributed by atoms with Crippen LogP contribution in [0.5, 0.6) is 0 Å². The molecule has 3 atom stereocenters. The van der Waals surface area contributed by atoms with Crippen LogP contribution in [0.15, 0.2) is 0 Å². The second kappa shape index (κ2) is 31.3. The van der Waals surface area contributed by atoms with Crippen LogP contribution in [0.3, 0.4) is 0 Å². The number of rotatable bonds is 37. The first-order valence-corrected chi connectivity index (χ1v) is 20.0. The lowest BCUT2D eigenvalue weighted by atomic mass is 9.97. The second-order valence-electron chi connectivity index (χ2n) is 13.8. The summed E-state index contributed by atoms with van der Waals surface area (Å²) in [7, 11) is 0. The highest BCUT2D eigenvalue weighted by atomic mass is 32.2. The van der Waals surface area contributed by atoms with Gasteiger partial charge < -0.3 is 58.6 Å². The Morgan fingerprint density at radius 1 is 0.627 bits per heavy atom. The molecule has 0 aromatic carbocycles. The first kappa shape index (κ1) is 46.0. The number of hydrogen-bond acceptors (Lipinski definition) is 13. The highest BCUT2D eigenvalue weighted by Crippen LogP contribution is 2.33. The van der Waals surface area contributed by atoms with E-state index in [1.165, 1.54) is 0 Å². The van der Waals surface area contributed by atoms with Crippen LogP contribution < -0.4 is 16.0 Å². The highest BCUT2D eigenvalue weighted by molar-refractivity contribution is 8.00. The van der Waals surface area contributed by atoms with Crippen molar-refractivity contribution >= 4 is 23.6 Å². The fraction of sp³-hybridized carbons (Fsp3) is 0.944. The maximum absolute atomic E-state index is 12.1. The minimum absolute atomic E-state index is 0.0485. The average molecular weight is 752 g/mol. The zero-order valence-corrected chi connectivity index (χ0v) is 32.5. The number of carbonyl (C=O) groups excluding carboxylic acids is 2. The fourth-order valence-electron chi connectivity index (χ4n) is 5.28. The Hall–Kier alpha value is -1.11. The van der Waals surface area contributed by atoms with Gasteiger partial charge in [-0.2, -0.15) is 11.8 Å². The van der Waals surface area contributed by atoms with Crippen LogP contribution in [-0.4, -0.2) is 167 Å². The standard InChI is InChI=1S/C36H69N3O11S/c1-36(2,3)30-37-10-12-43-14-16-45-18-20-47-22-24-49-26-28-50-27-25-48-23-21-46-19-17-44-15-13-42-11-6-8-31(40)7-4-5-9-33-34-32(29-51-33)38-35(41)39-34/h32-34,37H,4-30H2,1-3H3,(H2,38,39,41)/t32-,33-,34-/m0/s1. The van der Waals surface area contributed by atoms with Crippen molar-refractivity contribution in [2.75, 3.05) is 138 Å². The van der Waals surface area contributed by atoms with E-state index in [0.29, 0.717) is 143 Å². The van der Waals surface area contributed by atoms with Crippen LogP contribution in [0.25, 0.3) is 0 Å². The molecule has 2 aliphatic rings. The molecule has 14 nitrogen and oxygen atoms in total. The number of thioether (sulfide) groups is 1. The van der Waals surface area contributed by atoms with Gasteiger partial charge in [0.15, 0.2) is 0 Å². The topological polar surface area (TPSA) is 153 Å². The first-order valence-electron chi connectivity index (χ1n) is 19.0. The zero-order chi connectivity index (χ0) is 36.7. The Labute approximate surface area is 311 Å². The quantitative estimate of drug-likeness (QED) is 0.0631. The van der Waals surface area contributed by atoms with E-state index in [2.05, 4.69) is 36.7 Å². The van der Waals surface area contributed by atoms with Crippen molar-refractivity contribution in [1.82, 2.24) is 16.0 Å². The van der Waals surface area contributed by atoms with E-state index in [4.69, 9.17) is 42.6 Å². The van der Waals surface area contributed by atoms with E-state index in [-0.39, 0.29) is 23.5 Å². The number of fused-ring (bicyclic) bond motifs is 1. The molecule has 300 valence electrons. The van der Waals surface area contributed by atoms with Crippen molar-refractivity contribution in [2.24, 2.45) is 5.41 Å². The molecule has 51 heavy (non-hydrogen) atoms. The molecule has 2 saturated heterocycles. The van der Waals surface area contributed by atoms with E-state index in [0.717, 1.165) is 44.5 Å². The summed E-state index contributed by atoms with van der Waals surface area (Å²) in [5, 5.41) is 9.82. The Morgan fingerprint density at radius 3 is 1.53 bits per heavy atom. The molecule has 3 N–H and O–H groups in total. The smallest absolute Gasteiger partial charge is 0.315 e. The molecule has 2 aliphatic heterocycles. The molecule has 0 spiro atoms. The number of amides is 2. The number of Topliss-reactive ketones (excluding diaryl/α,β-unsaturated/α-hetero) is 1. The van der Waals surface area contributed by atoms with Gasteiger partial charge in [0.05, 0.1) is 124 Å². The van der Waals surface area contributed by atoms with E-state index in [1.54, 1.807) is 0 Å². The number of urea groups is 1. The number of nitrogens with one attached hydrogen (secondary N) is 3. The van der Waals surface area contributed by atoms with Crippen LogP contribution in [0, 0.1) is 5.41 Å². The maximum Gasteiger partial charge on any atom is 0.315 e. The molecule has 0 saturated carbocycles. The Balaban J connectivity index is 1.16. The van der Waals surface area contributed by atoms with Gasteiger partial charge in [0.25, 0.3) is 0 Å². The molecular weight excluding hydrogens is 682 g/mol. The minimum Gasteiger partial charge on any atom is -0.379 e. The van der Waals surface area contributed by atoms with Crippen molar-refractivity contribution in [1.29, 1.82) is 0 Å². The van der Waals surface area contributed by atoms with E-state index < -0.39 is 0 Å². The van der Waals surface area contributed by atoms with Gasteiger partial charge >= 0.3 is 6.03 Å². The molecule has 15 heteroatoms. The number of hydrogen-bond donors (Lipinski definition) is 3. The Kier molecular flexibility index (Phi) is 28.2. The molecule has 2 rings (SSSR count). The summed E-state index contributed by atoms with van der Waals surface area (Å²) in [6, 6.07) is 0.452. The van der Waals surface area contributed by atoms with Gasteiger partial charge in [-0.25, -0.2) is 4.79 Å². The lowest BCUT2D eigenvalue weighted by Crippen LogP contribution is -2.36. The molecular formula is C36H69N3O11S. The van der Waals surface area contributed by atoms with Crippen molar-refractivity contribution in [2.45, 2.75) is 76.6 Å². The van der Waals surface area contributed by atoms with Gasteiger partial charge in [-0.3, -0.25) is 4.79 Å². The van der Waals surface area contributed by atoms with Crippen LogP contribution in [0.2, 0.25) is 0 Å². The van der Waals surface area contributed by atoms with Crippen molar-refractivity contribution in [3.05, 3.63) is 0 Å². The third-order valence-corrected chi connectivity index (χ3v) is 9.44. The van der Waals surface area contributed by atoms with Gasteiger partial charge in [0.2, 0.25) is 0 Å². The van der Waals surface area contributed by atoms with Gasteiger partial charge in [-0.15, -0.1) is 0 Å². The molecule has 0 bridgehead atoms. The van der Waals surface area contributed by atoms with Crippen LogP contribution >= 0.6 is 11.8 Å². The molecule has 0 aromatic rings. The van der Waals surface area contributed by atoms with E-state index >= 15 is 0 Å². The normalized spacial score (nSPS) is 18.6. The summed E-state index contributed by atoms with van der Waals surface area (Å²) >= 11 is 1.92. The average Bonchev–Trinajstić information content (AvgIpc) is 3.65. The lowest BCUT2D eigenvalue weighted by molar-refractivity contribution is -0.119. The predicted molar refractivity (Wildman–Crippen MR) is 198 cm³/mol. The van der Waals surface area contributed by atoms with E-state index in [9.17, 15) is 9.59 Å². The van der Waals surface area contributed by atoms with Crippen molar-refractivity contribution in [3.63, 3.8) is 0 Å². The second-order valence-corrected chi connectivity index (χ2v) is 15.0. The molecule has 0 aromatic heterocycles. The van der Waals surface area contributed by atoms with Crippen LogP contribution in [0.1, 0.15) is 59.3 Å². The van der Waals surface area contributed by atoms with Gasteiger partial charge in [0.1, 0.15) is 5.78 Å². The minimum atomic E-state index is -0.0485. The molecule has 2 heterocycles. The molecule has 0 aliphatic carbocycles. The van der Waals surface area contributed by atoms with Gasteiger partial charge in [-0.1, -0.05) is 27.2 Å². The summed E-state index contributed by atoms with van der Waals surface area (Å²) in [4.78, 5) is 23.6. The lowest BCUT2D eigenvalue weighted by Gasteiger charge is -2.18. The molecule has 0 radical (unpaired) electrons. The highest BCUT2D eigenvalue weighted by Gasteiger charge is 2.42. The summed E-state index contributed by atoms with van der Waals surface area (Å²) in [5.41, 5.74) is 0.289. The number of ketones is 1. The van der Waals surface area contributed by atoms with E-state index in [1.807, 2.05) is 11.8 Å². The largest absolute Gasteiger partial charge is 0.379 e. The summed E-state index contributed by atoms with van der Waals surface area (Å²) in [6.07, 6.45) is 4.89. The summed E-state index contributed by atoms with van der Waals surface area (Å²) in [5.74, 6) is 1.27. The summed E-state index contributed by atoms with van der Waals surface area (Å²) in [6.45, 7) is 18.0. The Bertz CT molecular complexity index is 856. The predicted octanol–water partition coefficient (Wildman–Crippen LogP) is 2.85. The van der Waals surface area contributed by atoms with Crippen LogP contribution in [0.4, 0.5) is 4.79 Å². The molecule has 2 amide bonds. The third-order valence-electron chi connectivity index (χ3n) is 7.93. The number of unbranched alkanes of at least 4 members (excludes halogenated alkanes) is 1. The Morgan fingerprint density at radius 2 is 1.06 bits per heavy atom. The zero-order valence-electron chi connectivity index (χ0n) is 31.7. The monoisotopic (exact) mass is 751 g/mol.